The summed E-state index contributed by atoms with van der Waals surface area (Å²) < 4.78 is 10.3. The van der Waals surface area contributed by atoms with Crippen molar-refractivity contribution in [2.45, 2.75) is 71.1 Å². The number of hydroxylamine groups is 2. The predicted octanol–water partition coefficient (Wildman–Crippen LogP) is 4.18. The third kappa shape index (κ3) is 9.99. The third-order valence-electron chi connectivity index (χ3n) is 8.07. The lowest BCUT2D eigenvalue weighted by Crippen LogP contribution is -2.55. The normalized spacial score (nSPS) is 15.6. The van der Waals surface area contributed by atoms with E-state index in [-0.39, 0.29) is 63.3 Å². The van der Waals surface area contributed by atoms with Gasteiger partial charge in [-0.25, -0.2) is 14.8 Å². The molecule has 0 unspecified atom stereocenters. The van der Waals surface area contributed by atoms with Crippen LogP contribution in [0.2, 0.25) is 0 Å². The number of rotatable bonds is 11. The molecule has 0 saturated carbocycles. The number of ether oxygens (including phenoxy) is 2. The number of nitrogens with one attached hydrogen (secondary N) is 2. The van der Waals surface area contributed by atoms with Gasteiger partial charge in [-0.2, -0.15) is 0 Å². The van der Waals surface area contributed by atoms with Crippen molar-refractivity contribution < 1.29 is 33.5 Å². The van der Waals surface area contributed by atoms with Crippen LogP contribution in [0.15, 0.2) is 60.7 Å². The molecule has 2 N–H and O–H groups in total. The molecule has 13 heteroatoms. The van der Waals surface area contributed by atoms with Gasteiger partial charge >= 0.3 is 12.1 Å². The molecule has 1 aromatic heterocycles. The van der Waals surface area contributed by atoms with E-state index in [9.17, 15) is 19.2 Å². The van der Waals surface area contributed by atoms with Gasteiger partial charge in [-0.05, 0) is 58.1 Å². The summed E-state index contributed by atoms with van der Waals surface area (Å²) in [6, 6.07) is 18.3. The Bertz CT molecular complexity index is 1610. The molecule has 13 nitrogen and oxygen atoms in total. The van der Waals surface area contributed by atoms with Crippen LogP contribution in [-0.4, -0.2) is 94.3 Å². The molecule has 0 radical (unpaired) electrons. The first-order chi connectivity index (χ1) is 23.5. The molecular weight excluding hydrogens is 628 g/mol. The minimum atomic E-state index is -1.05. The fraction of sp³-hybridized carbons (Fsp3) is 0.444. The van der Waals surface area contributed by atoms with E-state index >= 15 is 0 Å². The Kier molecular flexibility index (Phi) is 11.4. The van der Waals surface area contributed by atoms with E-state index in [1.807, 2.05) is 42.5 Å². The zero-order valence-corrected chi connectivity index (χ0v) is 28.4. The lowest BCUT2D eigenvalue weighted by molar-refractivity contribution is -0.158. The van der Waals surface area contributed by atoms with Crippen LogP contribution in [-0.2, 0) is 36.7 Å². The molecule has 2 aliphatic rings. The van der Waals surface area contributed by atoms with Gasteiger partial charge in [0.05, 0.1) is 19.7 Å². The zero-order chi connectivity index (χ0) is 35.0. The van der Waals surface area contributed by atoms with Crippen molar-refractivity contribution in [3.63, 3.8) is 0 Å². The largest absolute Gasteiger partial charge is 0.527 e. The van der Waals surface area contributed by atoms with Gasteiger partial charge in [-0.1, -0.05) is 54.6 Å². The molecule has 49 heavy (non-hydrogen) atoms. The van der Waals surface area contributed by atoms with E-state index in [4.69, 9.17) is 19.3 Å². The highest BCUT2D eigenvalue weighted by atomic mass is 16.8. The SMILES string of the molecule is CCOC(=O)ON1CCN(C(=O)[C@H](CCC(=O)OC(C)(C)C)NC(=O)c2cc(NC3Cc4ccccc4C3)nc(-c3ccccc3)n2)CC1. The number of anilines is 1. The molecule has 1 aliphatic heterocycles. The third-order valence-corrected chi connectivity index (χ3v) is 8.07. The molecule has 1 aliphatic carbocycles. The van der Waals surface area contributed by atoms with Gasteiger partial charge in [0.25, 0.3) is 5.91 Å². The average Bonchev–Trinajstić information content (AvgIpc) is 3.48. The molecule has 0 spiro atoms. The van der Waals surface area contributed by atoms with E-state index in [1.165, 1.54) is 16.2 Å². The minimum Gasteiger partial charge on any atom is -0.460 e. The highest BCUT2D eigenvalue weighted by Crippen LogP contribution is 2.25. The van der Waals surface area contributed by atoms with Crippen LogP contribution in [0.4, 0.5) is 10.6 Å². The second-order valence-corrected chi connectivity index (χ2v) is 13.0. The van der Waals surface area contributed by atoms with Crippen LogP contribution in [0.1, 0.15) is 62.2 Å². The van der Waals surface area contributed by atoms with Crippen LogP contribution in [0.3, 0.4) is 0 Å². The summed E-state index contributed by atoms with van der Waals surface area (Å²) in [6.45, 7) is 8.14. The second-order valence-electron chi connectivity index (χ2n) is 13.0. The average molecular weight is 673 g/mol. The van der Waals surface area contributed by atoms with Crippen molar-refractivity contribution in [3.05, 3.63) is 77.5 Å². The molecular formula is C36H44N6O7. The first-order valence-electron chi connectivity index (χ1n) is 16.7. The Morgan fingerprint density at radius 3 is 2.20 bits per heavy atom. The molecule has 3 aromatic rings. The van der Waals surface area contributed by atoms with Gasteiger partial charge in [0, 0.05) is 37.2 Å². The monoisotopic (exact) mass is 672 g/mol. The van der Waals surface area contributed by atoms with Crippen molar-refractivity contribution in [1.29, 1.82) is 0 Å². The van der Waals surface area contributed by atoms with Crippen molar-refractivity contribution in [2.75, 3.05) is 38.1 Å². The number of amides is 2. The van der Waals surface area contributed by atoms with Crippen LogP contribution >= 0.6 is 0 Å². The molecule has 0 bridgehead atoms. The first kappa shape index (κ1) is 35.3. The summed E-state index contributed by atoms with van der Waals surface area (Å²) in [5.41, 5.74) is 2.66. The molecule has 2 aromatic carbocycles. The van der Waals surface area contributed by atoms with Crippen LogP contribution < -0.4 is 10.6 Å². The molecule has 260 valence electrons. The van der Waals surface area contributed by atoms with Crippen molar-refractivity contribution in [3.8, 4) is 11.4 Å². The minimum absolute atomic E-state index is 0.0150. The van der Waals surface area contributed by atoms with E-state index < -0.39 is 29.7 Å². The standard InChI is InChI=1S/C36H44N6O7/c1-5-47-35(46)49-42-19-17-41(18-20-42)34(45)28(15-16-31(43)48-36(2,3)4)39-33(44)29-23-30(40-32(38-29)24-11-7-6-8-12-24)37-27-21-25-13-9-10-14-26(25)22-27/h6-14,23,27-28H,5,15-22H2,1-4H3,(H,39,44)(H,37,38,40)/t28-/m0/s1. The Balaban J connectivity index is 1.34. The fourth-order valence-electron chi connectivity index (χ4n) is 5.84. The number of carbonyl (C=O) groups excluding carboxylic acids is 4. The van der Waals surface area contributed by atoms with Crippen LogP contribution in [0.5, 0.6) is 0 Å². The summed E-state index contributed by atoms with van der Waals surface area (Å²) in [7, 11) is 0. The lowest BCUT2D eigenvalue weighted by Gasteiger charge is -2.35. The van der Waals surface area contributed by atoms with Gasteiger partial charge in [-0.3, -0.25) is 14.4 Å². The maximum absolute atomic E-state index is 13.9. The van der Waals surface area contributed by atoms with Gasteiger partial charge in [-0.15, -0.1) is 5.06 Å². The number of fused-ring (bicyclic) bond motifs is 1. The molecule has 5 rings (SSSR count). The highest BCUT2D eigenvalue weighted by molar-refractivity contribution is 5.97. The van der Waals surface area contributed by atoms with E-state index in [0.29, 0.717) is 11.6 Å². The fourth-order valence-corrected chi connectivity index (χ4v) is 5.84. The van der Waals surface area contributed by atoms with Crippen LogP contribution in [0.25, 0.3) is 11.4 Å². The molecule has 2 heterocycles. The molecule has 1 fully saturated rings. The number of carbonyl (C=O) groups is 4. The quantitative estimate of drug-likeness (QED) is 0.282. The number of esters is 1. The molecule has 1 atom stereocenters. The van der Waals surface area contributed by atoms with Gasteiger partial charge < -0.3 is 29.8 Å². The van der Waals surface area contributed by atoms with E-state index in [0.717, 1.165) is 18.4 Å². The topological polar surface area (TPSA) is 152 Å². The summed E-state index contributed by atoms with van der Waals surface area (Å²) in [6.07, 6.45) is 0.759. The lowest BCUT2D eigenvalue weighted by atomic mass is 10.1. The summed E-state index contributed by atoms with van der Waals surface area (Å²) >= 11 is 0. The Hall–Kier alpha value is -5.04. The maximum atomic E-state index is 13.9. The van der Waals surface area contributed by atoms with Crippen molar-refractivity contribution in [2.24, 2.45) is 0 Å². The number of benzene rings is 2. The molecule has 2 amide bonds. The number of hydrogen-bond donors (Lipinski definition) is 2. The van der Waals surface area contributed by atoms with Crippen molar-refractivity contribution in [1.82, 2.24) is 25.2 Å². The number of nitrogens with zero attached hydrogens (tertiary/aromatic N) is 4. The molecule has 1 saturated heterocycles. The highest BCUT2D eigenvalue weighted by Gasteiger charge is 2.32. The Labute approximate surface area is 286 Å². The number of piperazine rings is 1. The van der Waals surface area contributed by atoms with Gasteiger partial charge in [0.15, 0.2) is 5.82 Å². The van der Waals surface area contributed by atoms with Gasteiger partial charge in [0.1, 0.15) is 23.2 Å². The first-order valence-corrected chi connectivity index (χ1v) is 16.7. The van der Waals surface area contributed by atoms with E-state index in [1.54, 1.807) is 38.7 Å². The summed E-state index contributed by atoms with van der Waals surface area (Å²) in [4.78, 5) is 68.3. The number of aromatic nitrogens is 2. The van der Waals surface area contributed by atoms with Crippen molar-refractivity contribution >= 4 is 29.8 Å². The predicted molar refractivity (Wildman–Crippen MR) is 181 cm³/mol. The van der Waals surface area contributed by atoms with Gasteiger partial charge in [0.2, 0.25) is 5.91 Å². The zero-order valence-electron chi connectivity index (χ0n) is 28.4. The van der Waals surface area contributed by atoms with E-state index in [2.05, 4.69) is 27.8 Å². The Morgan fingerprint density at radius 1 is 0.918 bits per heavy atom. The maximum Gasteiger partial charge on any atom is 0.527 e. The smallest absolute Gasteiger partial charge is 0.460 e. The van der Waals surface area contributed by atoms with Crippen LogP contribution in [0, 0.1) is 0 Å². The summed E-state index contributed by atoms with van der Waals surface area (Å²) in [5, 5.41) is 7.77. The summed E-state index contributed by atoms with van der Waals surface area (Å²) in [5.74, 6) is -0.576. The number of hydrogen-bond acceptors (Lipinski definition) is 11. The second kappa shape index (κ2) is 15.9. The Morgan fingerprint density at radius 2 is 1.57 bits per heavy atom.